The third kappa shape index (κ3) is 3.48. The number of hydrogen-bond acceptors (Lipinski definition) is 3. The minimum absolute atomic E-state index is 0.0217. The molecule has 0 amide bonds. The Kier molecular flexibility index (Phi) is 4.96. The van der Waals surface area contributed by atoms with Crippen molar-refractivity contribution in [2.24, 2.45) is 7.05 Å². The highest BCUT2D eigenvalue weighted by atomic mass is 35.5. The van der Waals surface area contributed by atoms with E-state index in [1.54, 1.807) is 11.7 Å². The second kappa shape index (κ2) is 6.52. The van der Waals surface area contributed by atoms with Gasteiger partial charge in [0.15, 0.2) is 0 Å². The van der Waals surface area contributed by atoms with Crippen LogP contribution in [-0.4, -0.2) is 19.1 Å². The summed E-state index contributed by atoms with van der Waals surface area (Å²) in [6, 6.07) is 7.46. The number of aryl methyl sites for hydroxylation is 2. The smallest absolute Gasteiger partial charge is 0.131 e. The maximum absolute atomic E-state index is 12.2. The monoisotopic (exact) mass is 312 g/mol. The molecule has 108 valence electrons. The Balaban J connectivity index is 2.05. The van der Waals surface area contributed by atoms with Crippen LogP contribution >= 0.6 is 11.6 Å². The summed E-state index contributed by atoms with van der Waals surface area (Å²) in [5, 5.41) is 13.7. The van der Waals surface area contributed by atoms with Crippen molar-refractivity contribution in [1.82, 2.24) is 9.78 Å². The first-order valence-corrected chi connectivity index (χ1v) is 8.09. The maximum atomic E-state index is 12.2. The Bertz CT molecular complexity index is 623. The molecule has 0 radical (unpaired) electrons. The number of aliphatic hydroxyl groups is 1. The van der Waals surface area contributed by atoms with Gasteiger partial charge in [0.25, 0.3) is 0 Å². The van der Waals surface area contributed by atoms with E-state index in [0.717, 1.165) is 22.4 Å². The fraction of sp³-hybridized carbons (Fsp3) is 0.357. The summed E-state index contributed by atoms with van der Waals surface area (Å²) < 4.78 is 13.8. The molecule has 2 aromatic rings. The molecule has 4 nitrogen and oxygen atoms in total. The Labute approximate surface area is 125 Å². The van der Waals surface area contributed by atoms with E-state index in [9.17, 15) is 4.21 Å². The lowest BCUT2D eigenvalue weighted by atomic mass is 10.2. The van der Waals surface area contributed by atoms with E-state index < -0.39 is 10.8 Å². The zero-order chi connectivity index (χ0) is 14.7. The molecular weight excluding hydrogens is 296 g/mol. The summed E-state index contributed by atoms with van der Waals surface area (Å²) in [7, 11) is 0.735. The Hall–Kier alpha value is -1.17. The Morgan fingerprint density at radius 1 is 1.25 bits per heavy atom. The first kappa shape index (κ1) is 15.2. The van der Waals surface area contributed by atoms with Crippen molar-refractivity contribution in [2.75, 3.05) is 0 Å². The molecule has 1 unspecified atom stereocenters. The summed E-state index contributed by atoms with van der Waals surface area (Å²) in [6.07, 6.45) is 0. The van der Waals surface area contributed by atoms with Crippen LogP contribution in [0.15, 0.2) is 24.3 Å². The van der Waals surface area contributed by atoms with E-state index in [1.165, 1.54) is 0 Å². The number of aliphatic hydroxyl groups excluding tert-OH is 1. The van der Waals surface area contributed by atoms with E-state index in [-0.39, 0.29) is 6.61 Å². The fourth-order valence-corrected chi connectivity index (χ4v) is 3.63. The third-order valence-corrected chi connectivity index (χ3v) is 4.85. The molecule has 0 saturated heterocycles. The molecular formula is C14H17ClN2O2S. The van der Waals surface area contributed by atoms with Crippen molar-refractivity contribution in [3.63, 3.8) is 0 Å². The van der Waals surface area contributed by atoms with Crippen LogP contribution in [0.5, 0.6) is 0 Å². The van der Waals surface area contributed by atoms with Crippen LogP contribution in [0.1, 0.15) is 22.4 Å². The van der Waals surface area contributed by atoms with Crippen molar-refractivity contribution >= 4 is 22.4 Å². The summed E-state index contributed by atoms with van der Waals surface area (Å²) in [5.41, 5.74) is 3.50. The molecule has 0 aliphatic carbocycles. The molecule has 1 N–H and O–H groups in total. The number of hydrogen-bond donors (Lipinski definition) is 1. The number of benzene rings is 1. The van der Waals surface area contributed by atoms with E-state index >= 15 is 0 Å². The molecule has 0 saturated carbocycles. The van der Waals surface area contributed by atoms with Gasteiger partial charge < -0.3 is 5.11 Å². The average molecular weight is 313 g/mol. The summed E-state index contributed by atoms with van der Waals surface area (Å²) in [5.74, 6) is 0.872. The lowest BCUT2D eigenvalue weighted by Gasteiger charge is -2.04. The highest BCUT2D eigenvalue weighted by Crippen LogP contribution is 2.21. The lowest BCUT2D eigenvalue weighted by Crippen LogP contribution is -2.01. The lowest BCUT2D eigenvalue weighted by molar-refractivity contribution is 0.282. The van der Waals surface area contributed by atoms with Gasteiger partial charge in [-0.15, -0.1) is 0 Å². The van der Waals surface area contributed by atoms with Crippen LogP contribution in [-0.2, 0) is 36.0 Å². The molecule has 1 heterocycles. The highest BCUT2D eigenvalue weighted by molar-refractivity contribution is 7.83. The van der Waals surface area contributed by atoms with E-state index in [0.29, 0.717) is 16.7 Å². The van der Waals surface area contributed by atoms with Crippen molar-refractivity contribution in [1.29, 1.82) is 0 Å². The highest BCUT2D eigenvalue weighted by Gasteiger charge is 2.14. The molecule has 1 atom stereocenters. The van der Waals surface area contributed by atoms with Gasteiger partial charge in [-0.1, -0.05) is 35.9 Å². The normalized spacial score (nSPS) is 12.6. The van der Waals surface area contributed by atoms with Crippen molar-refractivity contribution in [3.8, 4) is 0 Å². The maximum Gasteiger partial charge on any atom is 0.131 e. The first-order chi connectivity index (χ1) is 9.51. The van der Waals surface area contributed by atoms with Gasteiger partial charge in [-0.25, -0.2) is 0 Å². The Morgan fingerprint density at radius 2 is 1.85 bits per heavy atom. The van der Waals surface area contributed by atoms with Crippen LogP contribution in [0.2, 0.25) is 5.15 Å². The van der Waals surface area contributed by atoms with Crippen molar-refractivity contribution < 1.29 is 9.32 Å². The van der Waals surface area contributed by atoms with Crippen LogP contribution in [0.4, 0.5) is 0 Å². The molecule has 6 heteroatoms. The van der Waals surface area contributed by atoms with Gasteiger partial charge >= 0.3 is 0 Å². The third-order valence-electron chi connectivity index (χ3n) is 3.11. The van der Waals surface area contributed by atoms with Gasteiger partial charge in [0, 0.05) is 29.2 Å². The molecule has 0 bridgehead atoms. The summed E-state index contributed by atoms with van der Waals surface area (Å²) in [4.78, 5) is 0. The van der Waals surface area contributed by atoms with Crippen molar-refractivity contribution in [2.45, 2.75) is 25.0 Å². The number of halogens is 1. The van der Waals surface area contributed by atoms with Crippen LogP contribution < -0.4 is 0 Å². The first-order valence-electron chi connectivity index (χ1n) is 6.23. The molecule has 0 spiro atoms. The zero-order valence-electron chi connectivity index (χ0n) is 11.5. The number of rotatable bonds is 5. The van der Waals surface area contributed by atoms with Crippen LogP contribution in [0.3, 0.4) is 0 Å². The van der Waals surface area contributed by atoms with Gasteiger partial charge in [0.05, 0.1) is 18.1 Å². The molecule has 2 rings (SSSR count). The van der Waals surface area contributed by atoms with Gasteiger partial charge in [0.1, 0.15) is 5.15 Å². The quantitative estimate of drug-likeness (QED) is 0.922. The minimum atomic E-state index is -1.04. The van der Waals surface area contributed by atoms with Crippen LogP contribution in [0, 0.1) is 6.92 Å². The molecule has 20 heavy (non-hydrogen) atoms. The van der Waals surface area contributed by atoms with E-state index in [1.807, 2.05) is 31.2 Å². The topological polar surface area (TPSA) is 55.1 Å². The van der Waals surface area contributed by atoms with E-state index in [2.05, 4.69) is 5.10 Å². The largest absolute Gasteiger partial charge is 0.392 e. The van der Waals surface area contributed by atoms with Crippen molar-refractivity contribution in [3.05, 3.63) is 51.8 Å². The fourth-order valence-electron chi connectivity index (χ4n) is 1.98. The summed E-state index contributed by atoms with van der Waals surface area (Å²) >= 11 is 6.14. The summed E-state index contributed by atoms with van der Waals surface area (Å²) in [6.45, 7) is 1.89. The van der Waals surface area contributed by atoms with Gasteiger partial charge in [-0.3, -0.25) is 8.89 Å². The number of aromatic nitrogens is 2. The number of nitrogens with zero attached hydrogens (tertiary/aromatic N) is 2. The predicted octanol–water partition coefficient (Wildman–Crippen LogP) is 2.32. The van der Waals surface area contributed by atoms with Gasteiger partial charge in [-0.2, -0.15) is 5.10 Å². The molecule has 1 aromatic carbocycles. The SMILES string of the molecule is Cc1nn(C)c(Cl)c1CS(=O)Cc1ccc(CO)cc1. The van der Waals surface area contributed by atoms with Crippen LogP contribution in [0.25, 0.3) is 0 Å². The molecule has 0 aliphatic heterocycles. The molecule has 0 aliphatic rings. The minimum Gasteiger partial charge on any atom is -0.392 e. The Morgan fingerprint density at radius 3 is 2.35 bits per heavy atom. The zero-order valence-corrected chi connectivity index (χ0v) is 13.0. The van der Waals surface area contributed by atoms with Gasteiger partial charge in [0.2, 0.25) is 0 Å². The predicted molar refractivity (Wildman–Crippen MR) is 80.9 cm³/mol. The molecule has 0 fully saturated rings. The average Bonchev–Trinajstić information content (AvgIpc) is 2.66. The second-order valence-corrected chi connectivity index (χ2v) is 6.50. The molecule has 1 aromatic heterocycles. The van der Waals surface area contributed by atoms with Gasteiger partial charge in [-0.05, 0) is 18.1 Å². The standard InChI is InChI=1S/C14H17ClN2O2S/c1-10-13(14(15)17(2)16-10)9-20(19)8-12-5-3-11(7-18)4-6-12/h3-6,18H,7-9H2,1-2H3. The second-order valence-electron chi connectivity index (χ2n) is 4.68. The van der Waals surface area contributed by atoms with E-state index in [4.69, 9.17) is 16.7 Å².